The van der Waals surface area contributed by atoms with Crippen LogP contribution in [0.3, 0.4) is 0 Å². The Morgan fingerprint density at radius 1 is 1.41 bits per heavy atom. The molecule has 0 radical (unpaired) electrons. The van der Waals surface area contributed by atoms with Gasteiger partial charge in [-0.25, -0.2) is 4.98 Å². The lowest BCUT2D eigenvalue weighted by atomic mass is 9.97. The van der Waals surface area contributed by atoms with Crippen LogP contribution in [-0.2, 0) is 0 Å². The van der Waals surface area contributed by atoms with Crippen molar-refractivity contribution in [2.75, 3.05) is 31.1 Å². The summed E-state index contributed by atoms with van der Waals surface area (Å²) in [6.45, 7) is 8.90. The first-order valence-corrected chi connectivity index (χ1v) is 6.68. The quantitative estimate of drug-likeness (QED) is 0.864. The predicted octanol–water partition coefficient (Wildman–Crippen LogP) is 2.22. The van der Waals surface area contributed by atoms with Crippen LogP contribution in [0.25, 0.3) is 0 Å². The van der Waals surface area contributed by atoms with Gasteiger partial charge in [-0.3, -0.25) is 0 Å². The highest BCUT2D eigenvalue weighted by Crippen LogP contribution is 2.20. The Kier molecular flexibility index (Phi) is 4.37. The molecule has 1 aromatic heterocycles. The van der Waals surface area contributed by atoms with Gasteiger partial charge in [-0.2, -0.15) is 0 Å². The molecule has 0 amide bonds. The van der Waals surface area contributed by atoms with Gasteiger partial charge in [0.2, 0.25) is 0 Å². The molecule has 0 aromatic carbocycles. The number of aromatic nitrogens is 1. The predicted molar refractivity (Wildman–Crippen MR) is 72.5 cm³/mol. The SMILES string of the molecule is CCN(CC1CCNCC1)c1ncccc1C. The summed E-state index contributed by atoms with van der Waals surface area (Å²) in [4.78, 5) is 6.95. The van der Waals surface area contributed by atoms with Crippen molar-refractivity contribution in [1.82, 2.24) is 10.3 Å². The van der Waals surface area contributed by atoms with E-state index >= 15 is 0 Å². The zero-order chi connectivity index (χ0) is 12.1. The standard InChI is InChI=1S/C14H23N3/c1-3-17(11-13-6-9-15-10-7-13)14-12(2)5-4-8-16-14/h4-5,8,13,15H,3,6-7,9-11H2,1-2H3. The van der Waals surface area contributed by atoms with Crippen LogP contribution < -0.4 is 10.2 Å². The zero-order valence-electron chi connectivity index (χ0n) is 10.9. The third kappa shape index (κ3) is 3.19. The van der Waals surface area contributed by atoms with Crippen molar-refractivity contribution in [2.45, 2.75) is 26.7 Å². The molecule has 1 aliphatic rings. The lowest BCUT2D eigenvalue weighted by Gasteiger charge is -2.30. The van der Waals surface area contributed by atoms with E-state index in [1.165, 1.54) is 31.5 Å². The van der Waals surface area contributed by atoms with Gasteiger partial charge in [0.1, 0.15) is 5.82 Å². The fraction of sp³-hybridized carbons (Fsp3) is 0.643. The fourth-order valence-corrected chi connectivity index (χ4v) is 2.55. The average molecular weight is 233 g/mol. The van der Waals surface area contributed by atoms with Crippen molar-refractivity contribution in [3.63, 3.8) is 0 Å². The Morgan fingerprint density at radius 2 is 2.18 bits per heavy atom. The normalized spacial score (nSPS) is 17.1. The molecule has 3 heteroatoms. The van der Waals surface area contributed by atoms with E-state index in [9.17, 15) is 0 Å². The Balaban J connectivity index is 2.03. The van der Waals surface area contributed by atoms with Crippen LogP contribution in [0, 0.1) is 12.8 Å². The zero-order valence-corrected chi connectivity index (χ0v) is 10.9. The van der Waals surface area contributed by atoms with E-state index in [-0.39, 0.29) is 0 Å². The van der Waals surface area contributed by atoms with Crippen molar-refractivity contribution in [3.8, 4) is 0 Å². The number of rotatable bonds is 4. The molecule has 2 rings (SSSR count). The van der Waals surface area contributed by atoms with Crippen LogP contribution in [0.5, 0.6) is 0 Å². The summed E-state index contributed by atoms with van der Waals surface area (Å²) in [5.41, 5.74) is 1.28. The number of nitrogens with zero attached hydrogens (tertiary/aromatic N) is 2. The maximum atomic E-state index is 4.53. The van der Waals surface area contributed by atoms with Gasteiger partial charge in [0, 0.05) is 19.3 Å². The third-order valence-electron chi connectivity index (χ3n) is 3.60. The first-order chi connectivity index (χ1) is 8.31. The maximum Gasteiger partial charge on any atom is 0.131 e. The van der Waals surface area contributed by atoms with Gasteiger partial charge in [-0.1, -0.05) is 6.07 Å². The maximum absolute atomic E-state index is 4.53. The van der Waals surface area contributed by atoms with E-state index in [4.69, 9.17) is 0 Å². The van der Waals surface area contributed by atoms with Crippen LogP contribution in [0.2, 0.25) is 0 Å². The molecule has 0 bridgehead atoms. The van der Waals surface area contributed by atoms with Crippen molar-refractivity contribution in [2.24, 2.45) is 5.92 Å². The molecule has 3 nitrogen and oxygen atoms in total. The molecule has 1 aliphatic heterocycles. The molecule has 17 heavy (non-hydrogen) atoms. The monoisotopic (exact) mass is 233 g/mol. The number of anilines is 1. The second-order valence-electron chi connectivity index (χ2n) is 4.88. The summed E-state index contributed by atoms with van der Waals surface area (Å²) in [5.74, 6) is 1.98. The molecular weight excluding hydrogens is 210 g/mol. The van der Waals surface area contributed by atoms with Crippen LogP contribution in [-0.4, -0.2) is 31.2 Å². The molecule has 0 saturated carbocycles. The van der Waals surface area contributed by atoms with Gasteiger partial charge in [0.15, 0.2) is 0 Å². The summed E-state index contributed by atoms with van der Waals surface area (Å²) >= 11 is 0. The first-order valence-electron chi connectivity index (χ1n) is 6.68. The van der Waals surface area contributed by atoms with Crippen molar-refractivity contribution in [3.05, 3.63) is 23.9 Å². The van der Waals surface area contributed by atoms with E-state index in [1.54, 1.807) is 0 Å². The average Bonchev–Trinajstić information content (AvgIpc) is 2.38. The summed E-state index contributed by atoms with van der Waals surface area (Å²) < 4.78 is 0. The van der Waals surface area contributed by atoms with E-state index < -0.39 is 0 Å². The molecule has 0 unspecified atom stereocenters. The minimum Gasteiger partial charge on any atom is -0.356 e. The number of hydrogen-bond donors (Lipinski definition) is 1. The van der Waals surface area contributed by atoms with Gasteiger partial charge < -0.3 is 10.2 Å². The van der Waals surface area contributed by atoms with E-state index in [2.05, 4.69) is 35.1 Å². The van der Waals surface area contributed by atoms with Gasteiger partial charge >= 0.3 is 0 Å². The van der Waals surface area contributed by atoms with Gasteiger partial charge in [0.05, 0.1) is 0 Å². The fourth-order valence-electron chi connectivity index (χ4n) is 2.55. The van der Waals surface area contributed by atoms with E-state index in [1.807, 2.05) is 12.3 Å². The highest BCUT2D eigenvalue weighted by molar-refractivity contribution is 5.45. The Hall–Kier alpha value is -1.09. The number of hydrogen-bond acceptors (Lipinski definition) is 3. The molecule has 1 N–H and O–H groups in total. The van der Waals surface area contributed by atoms with Crippen molar-refractivity contribution in [1.29, 1.82) is 0 Å². The van der Waals surface area contributed by atoms with E-state index in [0.717, 1.165) is 24.8 Å². The van der Waals surface area contributed by atoms with Crippen LogP contribution in [0.1, 0.15) is 25.3 Å². The summed E-state index contributed by atoms with van der Waals surface area (Å²) in [6, 6.07) is 4.16. The minimum atomic E-state index is 0.817. The molecule has 0 atom stereocenters. The highest BCUT2D eigenvalue weighted by Gasteiger charge is 2.17. The third-order valence-corrected chi connectivity index (χ3v) is 3.60. The lowest BCUT2D eigenvalue weighted by Crippen LogP contribution is -2.36. The minimum absolute atomic E-state index is 0.817. The Labute approximate surface area is 104 Å². The van der Waals surface area contributed by atoms with Crippen molar-refractivity contribution >= 4 is 5.82 Å². The molecule has 1 fully saturated rings. The van der Waals surface area contributed by atoms with Gasteiger partial charge in [-0.15, -0.1) is 0 Å². The Morgan fingerprint density at radius 3 is 2.82 bits per heavy atom. The number of nitrogens with one attached hydrogen (secondary N) is 1. The van der Waals surface area contributed by atoms with Crippen molar-refractivity contribution < 1.29 is 0 Å². The van der Waals surface area contributed by atoms with Crippen LogP contribution >= 0.6 is 0 Å². The largest absolute Gasteiger partial charge is 0.356 e. The van der Waals surface area contributed by atoms with E-state index in [0.29, 0.717) is 0 Å². The molecule has 0 spiro atoms. The smallest absolute Gasteiger partial charge is 0.131 e. The highest BCUT2D eigenvalue weighted by atomic mass is 15.2. The topological polar surface area (TPSA) is 28.2 Å². The summed E-state index contributed by atoms with van der Waals surface area (Å²) in [7, 11) is 0. The van der Waals surface area contributed by atoms with Gasteiger partial charge in [0.25, 0.3) is 0 Å². The summed E-state index contributed by atoms with van der Waals surface area (Å²) in [6.07, 6.45) is 4.48. The lowest BCUT2D eigenvalue weighted by molar-refractivity contribution is 0.374. The number of pyridine rings is 1. The first kappa shape index (κ1) is 12.4. The molecule has 1 saturated heterocycles. The molecule has 94 valence electrons. The van der Waals surface area contributed by atoms with Crippen LogP contribution in [0.15, 0.2) is 18.3 Å². The number of piperidine rings is 1. The van der Waals surface area contributed by atoms with Crippen LogP contribution in [0.4, 0.5) is 5.82 Å². The molecular formula is C14H23N3. The molecule has 2 heterocycles. The summed E-state index contributed by atoms with van der Waals surface area (Å²) in [5, 5.41) is 3.42. The number of aryl methyl sites for hydroxylation is 1. The van der Waals surface area contributed by atoms with Gasteiger partial charge in [-0.05, 0) is 57.3 Å². The molecule has 1 aromatic rings. The Bertz CT molecular complexity index is 345. The molecule has 0 aliphatic carbocycles. The second kappa shape index (κ2) is 6.01. The second-order valence-corrected chi connectivity index (χ2v) is 4.88.